The molecular weight excluding hydrogens is 228 g/mol. The Bertz CT molecular complexity index is 561. The minimum Gasteiger partial charge on any atom is -0.0879 e. The lowest BCUT2D eigenvalue weighted by atomic mass is 9.86. The van der Waals surface area contributed by atoms with E-state index in [1.165, 1.54) is 24.0 Å². The van der Waals surface area contributed by atoms with Gasteiger partial charge in [0.25, 0.3) is 0 Å². The summed E-state index contributed by atoms with van der Waals surface area (Å²) in [5.41, 5.74) is 2.84. The lowest BCUT2D eigenvalue weighted by Crippen LogP contribution is -2.12. The number of hydrogen-bond donors (Lipinski definition) is 0. The number of allylic oxidation sites excluding steroid dienone is 5. The van der Waals surface area contributed by atoms with Gasteiger partial charge in [0, 0.05) is 0 Å². The van der Waals surface area contributed by atoms with Crippen LogP contribution < -0.4 is 0 Å². The van der Waals surface area contributed by atoms with E-state index in [-0.39, 0.29) is 0 Å². The van der Waals surface area contributed by atoms with E-state index < -0.39 is 0 Å². The van der Waals surface area contributed by atoms with Crippen molar-refractivity contribution < 1.29 is 0 Å². The maximum absolute atomic E-state index is 2.44. The van der Waals surface area contributed by atoms with Gasteiger partial charge in [-0.2, -0.15) is 0 Å². The van der Waals surface area contributed by atoms with Gasteiger partial charge in [0.15, 0.2) is 0 Å². The predicted molar refractivity (Wildman–Crippen MR) is 80.7 cm³/mol. The van der Waals surface area contributed by atoms with E-state index in [1.807, 2.05) is 0 Å². The van der Waals surface area contributed by atoms with Crippen LogP contribution >= 0.6 is 0 Å². The smallest absolute Gasteiger partial charge is 0.00882 e. The van der Waals surface area contributed by atoms with Gasteiger partial charge in [0.1, 0.15) is 0 Å². The summed E-state index contributed by atoms with van der Waals surface area (Å²) in [4.78, 5) is 0. The minimum atomic E-state index is 0.925. The van der Waals surface area contributed by atoms with Crippen molar-refractivity contribution in [1.29, 1.82) is 0 Å². The summed E-state index contributed by atoms with van der Waals surface area (Å²) in [5, 5.41) is 0. The Morgan fingerprint density at radius 2 is 1.79 bits per heavy atom. The topological polar surface area (TPSA) is 0 Å². The number of rotatable bonds is 0. The Labute approximate surface area is 115 Å². The first kappa shape index (κ1) is 11.3. The molecule has 4 atom stereocenters. The quantitative estimate of drug-likeness (QED) is 0.587. The van der Waals surface area contributed by atoms with Crippen molar-refractivity contribution in [2.75, 3.05) is 0 Å². The number of benzene rings is 1. The summed E-state index contributed by atoms with van der Waals surface area (Å²) in [6, 6.07) is 8.49. The molecule has 0 heteroatoms. The molecule has 0 heterocycles. The minimum absolute atomic E-state index is 0.925. The van der Waals surface area contributed by atoms with Crippen LogP contribution in [0.15, 0.2) is 54.6 Å². The molecule has 1 fully saturated rings. The van der Waals surface area contributed by atoms with Gasteiger partial charge in [0.2, 0.25) is 0 Å². The Balaban J connectivity index is 0.000000103. The number of hydrogen-bond acceptors (Lipinski definition) is 0. The molecule has 0 N–H and O–H groups in total. The summed E-state index contributed by atoms with van der Waals surface area (Å²) >= 11 is 0. The molecule has 19 heavy (non-hydrogen) atoms. The van der Waals surface area contributed by atoms with Crippen LogP contribution in [0.5, 0.6) is 0 Å². The highest BCUT2D eigenvalue weighted by Crippen LogP contribution is 2.52. The third-order valence-electron chi connectivity index (χ3n) is 5.15. The summed E-state index contributed by atoms with van der Waals surface area (Å²) in [5.74, 6) is 3.82. The van der Waals surface area contributed by atoms with Crippen LogP contribution in [-0.4, -0.2) is 0 Å². The lowest BCUT2D eigenvalue weighted by molar-refractivity contribution is 0.398. The summed E-state index contributed by atoms with van der Waals surface area (Å²) in [7, 11) is 0. The SMILES string of the molecule is C1=CC2C3C=CC(C3)C2C1.C1=Cc2ccccc2C1. The molecule has 4 aliphatic rings. The molecule has 1 aromatic rings. The van der Waals surface area contributed by atoms with Crippen LogP contribution in [0.1, 0.15) is 24.0 Å². The summed E-state index contributed by atoms with van der Waals surface area (Å²) in [6.45, 7) is 0. The molecule has 0 aromatic heterocycles. The monoisotopic (exact) mass is 248 g/mol. The highest BCUT2D eigenvalue weighted by Gasteiger charge is 2.44. The van der Waals surface area contributed by atoms with Gasteiger partial charge in [-0.25, -0.2) is 0 Å². The number of fused-ring (bicyclic) bond motifs is 6. The Hall–Kier alpha value is -1.56. The standard InChI is InChI=1S/C10H12.C9H8/c1-2-9-7-4-5-8(6-7)10(9)3-1;1-2-5-9-7-3-6-8(9)4-1/h1-2,4-5,7-10H,3,6H2;1-6H,7H2. The van der Waals surface area contributed by atoms with E-state index in [4.69, 9.17) is 0 Å². The molecule has 0 saturated heterocycles. The molecule has 0 spiro atoms. The molecule has 1 saturated carbocycles. The fourth-order valence-corrected chi connectivity index (χ4v) is 4.17. The second-order valence-corrected chi connectivity index (χ2v) is 6.16. The largest absolute Gasteiger partial charge is 0.0879 e. The van der Waals surface area contributed by atoms with E-state index in [0.29, 0.717) is 0 Å². The lowest BCUT2D eigenvalue weighted by Gasteiger charge is -2.18. The van der Waals surface area contributed by atoms with Crippen LogP contribution in [0.3, 0.4) is 0 Å². The zero-order valence-electron chi connectivity index (χ0n) is 11.2. The van der Waals surface area contributed by atoms with Crippen LogP contribution in [0.4, 0.5) is 0 Å². The fraction of sp³-hybridized carbons (Fsp3) is 0.368. The van der Waals surface area contributed by atoms with Crippen molar-refractivity contribution in [2.24, 2.45) is 23.7 Å². The Morgan fingerprint density at radius 3 is 2.68 bits per heavy atom. The predicted octanol–water partition coefficient (Wildman–Crippen LogP) is 4.64. The van der Waals surface area contributed by atoms with Gasteiger partial charge in [-0.3, -0.25) is 0 Å². The van der Waals surface area contributed by atoms with Crippen molar-refractivity contribution in [3.8, 4) is 0 Å². The van der Waals surface area contributed by atoms with Gasteiger partial charge < -0.3 is 0 Å². The van der Waals surface area contributed by atoms with Crippen molar-refractivity contribution >= 4 is 6.08 Å². The van der Waals surface area contributed by atoms with Gasteiger partial charge in [-0.1, -0.05) is 60.7 Å². The first-order valence-electron chi connectivity index (χ1n) is 7.51. The molecule has 0 aliphatic heterocycles. The van der Waals surface area contributed by atoms with Crippen LogP contribution in [0, 0.1) is 23.7 Å². The average Bonchev–Trinajstić information content (AvgIpc) is 3.21. The van der Waals surface area contributed by atoms with Crippen LogP contribution in [0.25, 0.3) is 6.08 Å². The van der Waals surface area contributed by atoms with E-state index >= 15 is 0 Å². The molecular formula is C19H20. The molecule has 0 radical (unpaired) electrons. The molecule has 4 aliphatic carbocycles. The first-order valence-corrected chi connectivity index (χ1v) is 7.51. The van der Waals surface area contributed by atoms with Crippen molar-refractivity contribution in [2.45, 2.75) is 19.3 Å². The van der Waals surface area contributed by atoms with Crippen molar-refractivity contribution in [1.82, 2.24) is 0 Å². The van der Waals surface area contributed by atoms with Crippen LogP contribution in [0.2, 0.25) is 0 Å². The van der Waals surface area contributed by atoms with E-state index in [2.05, 4.69) is 60.7 Å². The van der Waals surface area contributed by atoms with Gasteiger partial charge >= 0.3 is 0 Å². The second kappa shape index (κ2) is 4.52. The molecule has 4 unspecified atom stereocenters. The highest BCUT2D eigenvalue weighted by molar-refractivity contribution is 5.59. The summed E-state index contributed by atoms with van der Waals surface area (Å²) in [6.07, 6.45) is 18.0. The van der Waals surface area contributed by atoms with Crippen molar-refractivity contribution in [3.63, 3.8) is 0 Å². The zero-order chi connectivity index (χ0) is 12.7. The molecule has 1 aromatic carbocycles. The average molecular weight is 248 g/mol. The fourth-order valence-electron chi connectivity index (χ4n) is 4.17. The zero-order valence-corrected chi connectivity index (χ0v) is 11.2. The van der Waals surface area contributed by atoms with E-state index in [9.17, 15) is 0 Å². The van der Waals surface area contributed by atoms with Gasteiger partial charge in [-0.15, -0.1) is 0 Å². The Morgan fingerprint density at radius 1 is 0.895 bits per heavy atom. The molecule has 2 bridgehead atoms. The Kier molecular flexibility index (Phi) is 2.69. The molecule has 0 nitrogen and oxygen atoms in total. The molecule has 0 amide bonds. The molecule has 5 rings (SSSR count). The first-order chi connectivity index (χ1) is 9.42. The van der Waals surface area contributed by atoms with Gasteiger partial charge in [-0.05, 0) is 54.1 Å². The maximum Gasteiger partial charge on any atom is -0.00882 e. The third-order valence-corrected chi connectivity index (χ3v) is 5.15. The van der Waals surface area contributed by atoms with Crippen molar-refractivity contribution in [3.05, 3.63) is 65.8 Å². The highest BCUT2D eigenvalue weighted by atomic mass is 14.5. The third kappa shape index (κ3) is 1.90. The van der Waals surface area contributed by atoms with Crippen LogP contribution in [-0.2, 0) is 6.42 Å². The van der Waals surface area contributed by atoms with E-state index in [1.54, 1.807) is 0 Å². The normalized spacial score (nSPS) is 35.2. The maximum atomic E-state index is 2.44. The van der Waals surface area contributed by atoms with E-state index in [0.717, 1.165) is 30.1 Å². The summed E-state index contributed by atoms with van der Waals surface area (Å²) < 4.78 is 0. The molecule has 96 valence electrons. The second-order valence-electron chi connectivity index (χ2n) is 6.16. The van der Waals surface area contributed by atoms with Gasteiger partial charge in [0.05, 0.1) is 0 Å².